The summed E-state index contributed by atoms with van der Waals surface area (Å²) >= 11 is 0. The van der Waals surface area contributed by atoms with E-state index < -0.39 is 5.97 Å². The molecule has 0 aliphatic rings. The second kappa shape index (κ2) is 3.62. The highest BCUT2D eigenvalue weighted by molar-refractivity contribution is 5.85. The van der Waals surface area contributed by atoms with Crippen LogP contribution in [0.15, 0.2) is 24.3 Å². The second-order valence-electron chi connectivity index (χ2n) is 2.41. The fourth-order valence-corrected chi connectivity index (χ4v) is 0.834. The van der Waals surface area contributed by atoms with E-state index in [1.165, 1.54) is 18.2 Å². The van der Waals surface area contributed by atoms with Crippen LogP contribution >= 0.6 is 0 Å². The lowest BCUT2D eigenvalue weighted by molar-refractivity contribution is -0.131. The summed E-state index contributed by atoms with van der Waals surface area (Å²) in [6.07, 6.45) is 2.16. The van der Waals surface area contributed by atoms with E-state index in [1.54, 1.807) is 0 Å². The number of aliphatic carboxylic acids is 1. The molecule has 0 heterocycles. The van der Waals surface area contributed by atoms with Crippen LogP contribution < -0.4 is 0 Å². The average Bonchev–Trinajstić information content (AvgIpc) is 2.02. The van der Waals surface area contributed by atoms with Gasteiger partial charge in [0, 0.05) is 17.7 Å². The Hall–Kier alpha value is -1.97. The first-order chi connectivity index (χ1) is 6.09. The summed E-state index contributed by atoms with van der Waals surface area (Å²) in [6.45, 7) is 0. The number of benzene rings is 1. The Kier molecular flexibility index (Phi) is 2.54. The number of carbonyl (C=O) groups is 1. The Bertz CT molecular complexity index is 355. The van der Waals surface area contributed by atoms with Crippen molar-refractivity contribution in [3.8, 4) is 11.5 Å². The van der Waals surface area contributed by atoms with Crippen LogP contribution in [0.25, 0.3) is 6.08 Å². The number of hydrogen-bond acceptors (Lipinski definition) is 3. The molecule has 4 heteroatoms. The van der Waals surface area contributed by atoms with Crippen molar-refractivity contribution >= 4 is 12.0 Å². The molecule has 0 aromatic heterocycles. The topological polar surface area (TPSA) is 77.8 Å². The molecule has 0 aliphatic heterocycles. The van der Waals surface area contributed by atoms with E-state index in [0.717, 1.165) is 12.1 Å². The minimum atomic E-state index is -1.09. The largest absolute Gasteiger partial charge is 0.508 e. The van der Waals surface area contributed by atoms with Crippen molar-refractivity contribution in [2.45, 2.75) is 0 Å². The highest BCUT2D eigenvalue weighted by Crippen LogP contribution is 2.23. The zero-order valence-electron chi connectivity index (χ0n) is 6.64. The van der Waals surface area contributed by atoms with E-state index in [0.29, 0.717) is 5.56 Å². The maximum Gasteiger partial charge on any atom is 0.328 e. The molecule has 0 bridgehead atoms. The minimum Gasteiger partial charge on any atom is -0.508 e. The Balaban J connectivity index is 2.96. The minimum absolute atomic E-state index is 0.0648. The number of carboxylic acid groups (broad SMARTS) is 1. The molecule has 0 radical (unpaired) electrons. The molecule has 3 N–H and O–H groups in total. The third kappa shape index (κ3) is 2.52. The van der Waals surface area contributed by atoms with Crippen LogP contribution in [0.5, 0.6) is 11.5 Å². The predicted molar refractivity (Wildman–Crippen MR) is 46.4 cm³/mol. The zero-order chi connectivity index (χ0) is 9.84. The summed E-state index contributed by atoms with van der Waals surface area (Å²) in [7, 11) is 0. The van der Waals surface area contributed by atoms with Gasteiger partial charge in [0.05, 0.1) is 0 Å². The third-order valence-electron chi connectivity index (χ3n) is 1.42. The smallest absolute Gasteiger partial charge is 0.328 e. The van der Waals surface area contributed by atoms with Gasteiger partial charge in [-0.25, -0.2) is 4.79 Å². The fraction of sp³-hybridized carbons (Fsp3) is 0. The lowest BCUT2D eigenvalue weighted by Gasteiger charge is -1.98. The van der Waals surface area contributed by atoms with Gasteiger partial charge < -0.3 is 15.3 Å². The van der Waals surface area contributed by atoms with E-state index in [-0.39, 0.29) is 11.5 Å². The van der Waals surface area contributed by atoms with Crippen molar-refractivity contribution in [1.82, 2.24) is 0 Å². The van der Waals surface area contributed by atoms with Gasteiger partial charge in [0.1, 0.15) is 11.5 Å². The summed E-state index contributed by atoms with van der Waals surface area (Å²) in [5, 5.41) is 26.4. The van der Waals surface area contributed by atoms with Crippen molar-refractivity contribution < 1.29 is 20.1 Å². The molecule has 0 amide bonds. The molecule has 0 fully saturated rings. The molecule has 68 valence electrons. The van der Waals surface area contributed by atoms with E-state index in [1.807, 2.05) is 0 Å². The number of hydrogen-bond donors (Lipinski definition) is 3. The molecular weight excluding hydrogens is 172 g/mol. The van der Waals surface area contributed by atoms with Gasteiger partial charge in [0.15, 0.2) is 0 Å². The molecule has 0 aliphatic carbocycles. The van der Waals surface area contributed by atoms with Crippen LogP contribution in [-0.4, -0.2) is 21.3 Å². The molecular formula is C9H8O4. The summed E-state index contributed by atoms with van der Waals surface area (Å²) < 4.78 is 0. The first kappa shape index (κ1) is 9.12. The molecule has 0 saturated heterocycles. The van der Waals surface area contributed by atoms with Crippen molar-refractivity contribution in [2.24, 2.45) is 0 Å². The lowest BCUT2D eigenvalue weighted by atomic mass is 10.2. The van der Waals surface area contributed by atoms with E-state index in [2.05, 4.69) is 0 Å². The monoisotopic (exact) mass is 180 g/mol. The molecule has 1 aromatic carbocycles. The fourth-order valence-electron chi connectivity index (χ4n) is 0.834. The second-order valence-corrected chi connectivity index (χ2v) is 2.41. The summed E-state index contributed by atoms with van der Waals surface area (Å²) in [5.41, 5.74) is 0.347. The highest BCUT2D eigenvalue weighted by atomic mass is 16.4. The van der Waals surface area contributed by atoms with Crippen LogP contribution in [0.1, 0.15) is 5.56 Å². The summed E-state index contributed by atoms with van der Waals surface area (Å²) in [4.78, 5) is 10.1. The molecule has 1 rings (SSSR count). The number of phenols is 2. The van der Waals surface area contributed by atoms with Crippen LogP contribution in [-0.2, 0) is 4.79 Å². The predicted octanol–water partition coefficient (Wildman–Crippen LogP) is 1.20. The summed E-state index contributed by atoms with van der Waals surface area (Å²) in [5.74, 6) is -1.31. The van der Waals surface area contributed by atoms with Gasteiger partial charge in [-0.1, -0.05) is 0 Å². The molecule has 4 nitrogen and oxygen atoms in total. The quantitative estimate of drug-likeness (QED) is 0.597. The van der Waals surface area contributed by atoms with Gasteiger partial charge in [-0.2, -0.15) is 0 Å². The van der Waals surface area contributed by atoms with Gasteiger partial charge in [0.25, 0.3) is 0 Å². The van der Waals surface area contributed by atoms with Crippen LogP contribution in [0.4, 0.5) is 0 Å². The molecule has 13 heavy (non-hydrogen) atoms. The van der Waals surface area contributed by atoms with Crippen molar-refractivity contribution in [2.75, 3.05) is 0 Å². The van der Waals surface area contributed by atoms with Crippen LogP contribution in [0.2, 0.25) is 0 Å². The van der Waals surface area contributed by atoms with Crippen molar-refractivity contribution in [3.05, 3.63) is 29.8 Å². The standard InChI is InChI=1S/C9H8O4/c10-7-3-1-6(8(11)5-7)2-4-9(12)13/h1-5,10-11H,(H,12,13)/b4-2-. The highest BCUT2D eigenvalue weighted by Gasteiger charge is 1.98. The number of rotatable bonds is 2. The molecule has 0 spiro atoms. The van der Waals surface area contributed by atoms with Gasteiger partial charge in [-0.15, -0.1) is 0 Å². The maximum absolute atomic E-state index is 10.1. The first-order valence-corrected chi connectivity index (χ1v) is 3.52. The Labute approximate surface area is 74.4 Å². The maximum atomic E-state index is 10.1. The van der Waals surface area contributed by atoms with E-state index in [4.69, 9.17) is 10.2 Å². The summed E-state index contributed by atoms with van der Waals surface area (Å²) in [6, 6.07) is 3.92. The van der Waals surface area contributed by atoms with Crippen LogP contribution in [0.3, 0.4) is 0 Å². The lowest BCUT2D eigenvalue weighted by Crippen LogP contribution is -1.85. The molecule has 1 aromatic rings. The number of aromatic hydroxyl groups is 2. The van der Waals surface area contributed by atoms with Crippen LogP contribution in [0, 0.1) is 0 Å². The molecule has 0 atom stereocenters. The van der Waals surface area contributed by atoms with E-state index in [9.17, 15) is 9.90 Å². The van der Waals surface area contributed by atoms with Gasteiger partial charge >= 0.3 is 5.97 Å². The SMILES string of the molecule is O=C(O)/C=C\c1ccc(O)cc1O. The number of phenolic OH excluding ortho intramolecular Hbond substituents is 2. The van der Waals surface area contributed by atoms with Crippen molar-refractivity contribution in [3.63, 3.8) is 0 Å². The van der Waals surface area contributed by atoms with E-state index >= 15 is 0 Å². The Morgan fingerprint density at radius 1 is 1.31 bits per heavy atom. The molecule has 0 unspecified atom stereocenters. The molecule has 0 saturated carbocycles. The Morgan fingerprint density at radius 3 is 2.54 bits per heavy atom. The first-order valence-electron chi connectivity index (χ1n) is 3.52. The van der Waals surface area contributed by atoms with Gasteiger partial charge in [-0.3, -0.25) is 0 Å². The number of carboxylic acids is 1. The Morgan fingerprint density at radius 2 is 2.00 bits per heavy atom. The normalized spacial score (nSPS) is 10.5. The zero-order valence-corrected chi connectivity index (χ0v) is 6.64. The third-order valence-corrected chi connectivity index (χ3v) is 1.42. The van der Waals surface area contributed by atoms with Crippen molar-refractivity contribution in [1.29, 1.82) is 0 Å². The van der Waals surface area contributed by atoms with Gasteiger partial charge in [-0.05, 0) is 18.2 Å². The van der Waals surface area contributed by atoms with Gasteiger partial charge in [0.2, 0.25) is 0 Å². The average molecular weight is 180 g/mol.